The summed E-state index contributed by atoms with van der Waals surface area (Å²) in [5.41, 5.74) is 7.04. The zero-order chi connectivity index (χ0) is 12.8. The first-order valence-corrected chi connectivity index (χ1v) is 5.67. The average molecular weight is 237 g/mol. The van der Waals surface area contributed by atoms with Crippen LogP contribution in [0.2, 0.25) is 0 Å². The highest BCUT2D eigenvalue weighted by molar-refractivity contribution is 5.74. The lowest BCUT2D eigenvalue weighted by Gasteiger charge is -2.14. The summed E-state index contributed by atoms with van der Waals surface area (Å²) in [6, 6.07) is 7.16. The first-order chi connectivity index (χ1) is 8.00. The third-order valence-electron chi connectivity index (χ3n) is 2.57. The van der Waals surface area contributed by atoms with Crippen molar-refractivity contribution >= 4 is 11.7 Å². The summed E-state index contributed by atoms with van der Waals surface area (Å²) >= 11 is 0. The second-order valence-electron chi connectivity index (χ2n) is 4.37. The number of benzene rings is 1. The second kappa shape index (κ2) is 6.25. The van der Waals surface area contributed by atoms with E-state index in [0.717, 1.165) is 5.56 Å². The van der Waals surface area contributed by atoms with E-state index in [4.69, 9.17) is 10.5 Å². The molecule has 0 aromatic heterocycles. The maximum atomic E-state index is 11.5. The van der Waals surface area contributed by atoms with Gasteiger partial charge >= 0.3 is 5.97 Å². The number of hydrogen-bond donors (Lipinski definition) is 2. The van der Waals surface area contributed by atoms with E-state index in [9.17, 15) is 9.90 Å². The first kappa shape index (κ1) is 13.5. The minimum atomic E-state index is -0.618. The molecule has 1 aromatic rings. The summed E-state index contributed by atoms with van der Waals surface area (Å²) in [6.45, 7) is 3.77. The maximum Gasteiger partial charge on any atom is 0.310 e. The van der Waals surface area contributed by atoms with Crippen molar-refractivity contribution < 1.29 is 14.6 Å². The number of rotatable bonds is 5. The van der Waals surface area contributed by atoms with E-state index in [1.165, 1.54) is 0 Å². The number of para-hydroxylation sites is 1. The number of hydrogen-bond acceptors (Lipinski definition) is 4. The fraction of sp³-hybridized carbons (Fsp3) is 0.462. The van der Waals surface area contributed by atoms with Crippen molar-refractivity contribution in [3.8, 4) is 0 Å². The SMILES string of the molecule is CC(C)C(O)COC(=O)Cc1ccccc1N. The van der Waals surface area contributed by atoms with Crippen LogP contribution in [0, 0.1) is 5.92 Å². The lowest BCUT2D eigenvalue weighted by atomic mass is 10.1. The van der Waals surface area contributed by atoms with Crippen LogP contribution in [0.5, 0.6) is 0 Å². The Balaban J connectivity index is 2.43. The standard InChI is InChI=1S/C13H19NO3/c1-9(2)12(15)8-17-13(16)7-10-5-3-4-6-11(10)14/h3-6,9,12,15H,7-8,14H2,1-2H3. The van der Waals surface area contributed by atoms with E-state index in [0.29, 0.717) is 5.69 Å². The lowest BCUT2D eigenvalue weighted by molar-refractivity contribution is -0.146. The first-order valence-electron chi connectivity index (χ1n) is 5.67. The van der Waals surface area contributed by atoms with Gasteiger partial charge in [0.2, 0.25) is 0 Å². The van der Waals surface area contributed by atoms with Crippen LogP contribution in [0.3, 0.4) is 0 Å². The molecule has 0 amide bonds. The van der Waals surface area contributed by atoms with E-state index in [1.807, 2.05) is 26.0 Å². The molecule has 0 aliphatic heterocycles. The normalized spacial score (nSPS) is 12.5. The van der Waals surface area contributed by atoms with Crippen molar-refractivity contribution in [2.45, 2.75) is 26.4 Å². The highest BCUT2D eigenvalue weighted by Gasteiger charge is 2.13. The molecule has 17 heavy (non-hydrogen) atoms. The molecule has 1 aromatic carbocycles. The van der Waals surface area contributed by atoms with E-state index in [1.54, 1.807) is 12.1 Å². The monoisotopic (exact) mass is 237 g/mol. The molecule has 1 unspecified atom stereocenters. The molecule has 1 rings (SSSR count). The highest BCUT2D eigenvalue weighted by atomic mass is 16.5. The molecule has 1 atom stereocenters. The van der Waals surface area contributed by atoms with Gasteiger partial charge in [-0.25, -0.2) is 0 Å². The molecule has 4 nitrogen and oxygen atoms in total. The number of ether oxygens (including phenoxy) is 1. The topological polar surface area (TPSA) is 72.5 Å². The zero-order valence-electron chi connectivity index (χ0n) is 10.2. The van der Waals surface area contributed by atoms with E-state index in [-0.39, 0.29) is 24.9 Å². The van der Waals surface area contributed by atoms with Crippen molar-refractivity contribution in [1.29, 1.82) is 0 Å². The Hall–Kier alpha value is -1.55. The van der Waals surface area contributed by atoms with Gasteiger partial charge < -0.3 is 15.6 Å². The van der Waals surface area contributed by atoms with Gasteiger partial charge in [-0.15, -0.1) is 0 Å². The van der Waals surface area contributed by atoms with Crippen molar-refractivity contribution in [3.63, 3.8) is 0 Å². The van der Waals surface area contributed by atoms with Gasteiger partial charge in [0.05, 0.1) is 12.5 Å². The van der Waals surface area contributed by atoms with Crippen LogP contribution >= 0.6 is 0 Å². The number of anilines is 1. The average Bonchev–Trinajstić information content (AvgIpc) is 2.29. The predicted octanol–water partition coefficient (Wildman–Crippen LogP) is 1.37. The molecule has 0 saturated heterocycles. The van der Waals surface area contributed by atoms with Gasteiger partial charge in [0.25, 0.3) is 0 Å². The number of carbonyl (C=O) groups is 1. The van der Waals surface area contributed by atoms with Crippen LogP contribution in [-0.2, 0) is 16.0 Å². The van der Waals surface area contributed by atoms with Crippen LogP contribution in [0.25, 0.3) is 0 Å². The molecule has 0 spiro atoms. The second-order valence-corrected chi connectivity index (χ2v) is 4.37. The Kier molecular flexibility index (Phi) is 4.97. The summed E-state index contributed by atoms with van der Waals surface area (Å²) in [7, 11) is 0. The minimum Gasteiger partial charge on any atom is -0.463 e. The van der Waals surface area contributed by atoms with Gasteiger partial charge in [-0.05, 0) is 17.5 Å². The summed E-state index contributed by atoms with van der Waals surface area (Å²) in [6.07, 6.45) is -0.482. The molecule has 3 N–H and O–H groups in total. The summed E-state index contributed by atoms with van der Waals surface area (Å²) in [4.78, 5) is 11.5. The Morgan fingerprint density at radius 3 is 2.65 bits per heavy atom. The third-order valence-corrected chi connectivity index (χ3v) is 2.57. The predicted molar refractivity (Wildman–Crippen MR) is 66.4 cm³/mol. The zero-order valence-corrected chi connectivity index (χ0v) is 10.2. The van der Waals surface area contributed by atoms with Crippen LogP contribution in [-0.4, -0.2) is 23.8 Å². The smallest absolute Gasteiger partial charge is 0.310 e. The van der Waals surface area contributed by atoms with E-state index in [2.05, 4.69) is 0 Å². The van der Waals surface area contributed by atoms with Crippen LogP contribution in [0.15, 0.2) is 24.3 Å². The fourth-order valence-electron chi connectivity index (χ4n) is 1.27. The molecule has 0 fully saturated rings. The summed E-state index contributed by atoms with van der Waals surface area (Å²) in [5.74, 6) is -0.299. The van der Waals surface area contributed by atoms with Gasteiger partial charge in [0.15, 0.2) is 0 Å². The van der Waals surface area contributed by atoms with Crippen LogP contribution in [0.1, 0.15) is 19.4 Å². The fourth-order valence-corrected chi connectivity index (χ4v) is 1.27. The quantitative estimate of drug-likeness (QED) is 0.599. The van der Waals surface area contributed by atoms with Gasteiger partial charge in [0, 0.05) is 5.69 Å². The molecule has 0 bridgehead atoms. The van der Waals surface area contributed by atoms with Crippen molar-refractivity contribution in [3.05, 3.63) is 29.8 Å². The number of nitrogens with two attached hydrogens (primary N) is 1. The minimum absolute atomic E-state index is 0.0310. The van der Waals surface area contributed by atoms with Gasteiger partial charge in [-0.3, -0.25) is 4.79 Å². The van der Waals surface area contributed by atoms with Crippen LogP contribution < -0.4 is 5.73 Å². The Morgan fingerprint density at radius 1 is 1.41 bits per heavy atom. The van der Waals surface area contributed by atoms with Gasteiger partial charge in [-0.1, -0.05) is 32.0 Å². The highest BCUT2D eigenvalue weighted by Crippen LogP contribution is 2.12. The largest absolute Gasteiger partial charge is 0.463 e. The summed E-state index contributed by atoms with van der Waals surface area (Å²) < 4.78 is 4.98. The Bertz CT molecular complexity index is 377. The van der Waals surface area contributed by atoms with Crippen molar-refractivity contribution in [1.82, 2.24) is 0 Å². The molecular formula is C13H19NO3. The number of aliphatic hydroxyl groups excluding tert-OH is 1. The molecular weight excluding hydrogens is 218 g/mol. The molecule has 0 saturated carbocycles. The Labute approximate surface area is 101 Å². The molecule has 94 valence electrons. The van der Waals surface area contributed by atoms with Crippen molar-refractivity contribution in [2.24, 2.45) is 5.92 Å². The van der Waals surface area contributed by atoms with Gasteiger partial charge in [0.1, 0.15) is 6.61 Å². The van der Waals surface area contributed by atoms with Crippen molar-refractivity contribution in [2.75, 3.05) is 12.3 Å². The molecule has 0 aliphatic rings. The third kappa shape index (κ3) is 4.44. The van der Waals surface area contributed by atoms with Gasteiger partial charge in [-0.2, -0.15) is 0 Å². The number of aliphatic hydroxyl groups is 1. The molecule has 4 heteroatoms. The lowest BCUT2D eigenvalue weighted by Crippen LogP contribution is -2.24. The molecule has 0 aliphatic carbocycles. The summed E-state index contributed by atoms with van der Waals surface area (Å²) in [5, 5.41) is 9.49. The number of nitrogen functional groups attached to an aromatic ring is 1. The number of carbonyl (C=O) groups excluding carboxylic acids is 1. The van der Waals surface area contributed by atoms with Crippen LogP contribution in [0.4, 0.5) is 5.69 Å². The molecule has 0 heterocycles. The molecule has 0 radical (unpaired) electrons. The maximum absolute atomic E-state index is 11.5. The van der Waals surface area contributed by atoms with E-state index >= 15 is 0 Å². The Morgan fingerprint density at radius 2 is 2.06 bits per heavy atom. The number of esters is 1. The van der Waals surface area contributed by atoms with E-state index < -0.39 is 6.10 Å².